The van der Waals surface area contributed by atoms with E-state index in [1.54, 1.807) is 41.0 Å². The number of para-hydroxylation sites is 7. The van der Waals surface area contributed by atoms with Gasteiger partial charge in [-0.25, -0.2) is 0 Å². The third kappa shape index (κ3) is 5.46. The molecule has 338 valence electrons. The van der Waals surface area contributed by atoms with E-state index in [0.717, 1.165) is 43.4 Å². The lowest BCUT2D eigenvalue weighted by Gasteiger charge is -2.20. The van der Waals surface area contributed by atoms with Crippen molar-refractivity contribution in [3.8, 4) is 40.7 Å². The predicted octanol–water partition coefficient (Wildman–Crippen LogP) is 15.7. The van der Waals surface area contributed by atoms with Crippen LogP contribution in [0.5, 0.6) is 0 Å². The number of fused-ring (bicyclic) bond motifs is 16. The molecule has 0 aliphatic rings. The molecule has 10 aromatic carbocycles. The molecule has 0 N–H and O–H groups in total. The normalized spacial score (nSPS) is 14.2. The summed E-state index contributed by atoms with van der Waals surface area (Å²) in [6.07, 6.45) is 0. The highest BCUT2D eigenvalue weighted by Crippen LogP contribution is 2.45. The van der Waals surface area contributed by atoms with Gasteiger partial charge in [-0.05, 0) is 84.8 Å². The molecule has 0 aliphatic heterocycles. The number of hydrogen-bond donors (Lipinski definition) is 0. The molecule has 9 nitrogen and oxygen atoms in total. The third-order valence-corrected chi connectivity index (χ3v) is 14.1. The van der Waals surface area contributed by atoms with Gasteiger partial charge in [0.2, 0.25) is 11.9 Å². The zero-order valence-electron chi connectivity index (χ0n) is 48.9. The first-order chi connectivity index (χ1) is 40.8. The quantitative estimate of drug-likeness (QED) is 0.171. The van der Waals surface area contributed by atoms with Gasteiger partial charge in [0.25, 0.3) is 0 Å². The molecule has 6 heterocycles. The van der Waals surface area contributed by atoms with Crippen molar-refractivity contribution in [2.75, 3.05) is 0 Å². The number of rotatable bonds is 5. The summed E-state index contributed by atoms with van der Waals surface area (Å²) < 4.78 is 116. The summed E-state index contributed by atoms with van der Waals surface area (Å²) in [7, 11) is 0. The number of aromatic nitrogens is 7. The van der Waals surface area contributed by atoms with Gasteiger partial charge in [-0.3, -0.25) is 9.13 Å². The van der Waals surface area contributed by atoms with Crippen LogP contribution in [0.3, 0.4) is 0 Å². The van der Waals surface area contributed by atoms with Gasteiger partial charge in [0.05, 0.1) is 93.2 Å². The van der Waals surface area contributed by atoms with Crippen LogP contribution in [0.15, 0.2) is 223 Å². The minimum Gasteiger partial charge on any atom is -0.456 e. The first kappa shape index (κ1) is 30.3. The lowest BCUT2D eigenvalue weighted by molar-refractivity contribution is 0.669. The van der Waals surface area contributed by atoms with Crippen LogP contribution in [-0.2, 0) is 0 Å². The monoisotopic (exact) mass is 943 g/mol. The minimum atomic E-state index is -0.609. The van der Waals surface area contributed by atoms with E-state index in [2.05, 4.69) is 4.57 Å². The zero-order valence-corrected chi connectivity index (χ0v) is 37.9. The van der Waals surface area contributed by atoms with Gasteiger partial charge in [-0.1, -0.05) is 133 Å². The average Bonchev–Trinajstić information content (AvgIpc) is 1.63. The Morgan fingerprint density at radius 2 is 0.904 bits per heavy atom. The van der Waals surface area contributed by atoms with Gasteiger partial charge < -0.3 is 13.6 Å². The van der Waals surface area contributed by atoms with E-state index in [1.807, 2.05) is 126 Å². The van der Waals surface area contributed by atoms with E-state index in [4.69, 9.17) is 24.9 Å². The van der Waals surface area contributed by atoms with Gasteiger partial charge in [0.15, 0.2) is 5.82 Å². The highest BCUT2D eigenvalue weighted by Gasteiger charge is 2.28. The molecule has 0 fully saturated rings. The molecule has 16 rings (SSSR count). The van der Waals surface area contributed by atoms with Crippen molar-refractivity contribution in [1.82, 2.24) is 33.2 Å². The molecule has 0 bridgehead atoms. The second kappa shape index (κ2) is 14.9. The Labute approximate surface area is 430 Å². The summed E-state index contributed by atoms with van der Waals surface area (Å²) in [5.74, 6) is -0.0287. The lowest BCUT2D eigenvalue weighted by atomic mass is 10.1. The molecule has 6 aromatic heterocycles. The molecule has 9 heteroatoms. The van der Waals surface area contributed by atoms with Crippen LogP contribution in [0.25, 0.3) is 144 Å². The molecule has 0 atom stereocenters. The molecular formula is C64H36N8O. The van der Waals surface area contributed by atoms with Crippen LogP contribution in [-0.4, -0.2) is 33.2 Å². The maximum atomic E-state index is 10.5. The Balaban J connectivity index is 1.17. The number of furan rings is 1. The summed E-state index contributed by atoms with van der Waals surface area (Å²) in [5.41, 5.74) is 4.67. The molecule has 0 aliphatic carbocycles. The molecule has 0 spiro atoms. The highest BCUT2D eigenvalue weighted by molar-refractivity contribution is 6.25. The summed E-state index contributed by atoms with van der Waals surface area (Å²) in [6, 6.07) is 44.1. The van der Waals surface area contributed by atoms with Gasteiger partial charge in [0.1, 0.15) is 11.2 Å². The van der Waals surface area contributed by atoms with Gasteiger partial charge >= 0.3 is 0 Å². The topological polar surface area (TPSA) is 95.3 Å². The molecule has 0 saturated carbocycles. The molecule has 0 amide bonds. The van der Waals surface area contributed by atoms with Crippen molar-refractivity contribution in [1.29, 1.82) is 5.26 Å². The van der Waals surface area contributed by atoms with Crippen molar-refractivity contribution in [3.63, 3.8) is 0 Å². The number of hydrogen-bond acceptors (Lipinski definition) is 5. The Morgan fingerprint density at radius 1 is 0.397 bits per heavy atom. The Bertz CT molecular complexity index is 5700. The molecule has 0 radical (unpaired) electrons. The first-order valence-corrected chi connectivity index (χ1v) is 23.4. The fourth-order valence-electron chi connectivity index (χ4n) is 11.1. The van der Waals surface area contributed by atoms with E-state index >= 15 is 0 Å². The van der Waals surface area contributed by atoms with Crippen LogP contribution in [0.2, 0.25) is 0 Å². The van der Waals surface area contributed by atoms with Crippen molar-refractivity contribution in [3.05, 3.63) is 224 Å². The fourth-order valence-corrected chi connectivity index (χ4v) is 11.1. The Hall–Kier alpha value is -10.3. The second-order valence-electron chi connectivity index (χ2n) is 17.8. The number of nitriles is 1. The predicted molar refractivity (Wildman–Crippen MR) is 295 cm³/mol. The summed E-state index contributed by atoms with van der Waals surface area (Å²) >= 11 is 0. The third-order valence-electron chi connectivity index (χ3n) is 14.1. The van der Waals surface area contributed by atoms with Crippen molar-refractivity contribution >= 4 is 109 Å². The zero-order chi connectivity index (χ0) is 57.5. The van der Waals surface area contributed by atoms with E-state index in [0.29, 0.717) is 38.8 Å². The van der Waals surface area contributed by atoms with Crippen molar-refractivity contribution in [2.24, 2.45) is 0 Å². The van der Waals surface area contributed by atoms with Crippen LogP contribution < -0.4 is 0 Å². The molecule has 0 saturated heterocycles. The number of nitrogens with zero attached hydrogens (tertiary/aromatic N) is 8. The summed E-state index contributed by atoms with van der Waals surface area (Å²) in [4.78, 5) is 16.3. The first-order valence-electron chi connectivity index (χ1n) is 28.9. The SMILES string of the molecule is [2H]c1c([2H])c([2H])c2c(c1[2H])c1ccccc1n2-c1nc(-c2c(-n3c4c([2H])c([2H])c([2H])c([2H])c4c4c([2H])c(C#N)c([2H])c([2H])c43)cccc2-n2c3ccccc3c3ccc4oc5ccccc5c4c32)nc(-n2c3ccccc3c3ccccc32)n1. The van der Waals surface area contributed by atoms with Crippen LogP contribution >= 0.6 is 0 Å². The van der Waals surface area contributed by atoms with Crippen LogP contribution in [0.1, 0.15) is 20.6 Å². The standard InChI is InChI=1S/C64H36N8O/c65-37-38-32-34-54-47(36-38)44-21-6-8-23-48(44)69(54)55-29-15-30-56(70-49-24-9-5-20-43(49)45-33-35-58-59(61(45)70)46-22-7-14-31-57(46)73-58)60(55)62-66-63(71-50-25-10-1-16-39(50)40-17-2-11-26-51(40)71)68-64(67-62)72-52-27-12-3-18-41(52)42-19-4-13-28-53(42)72/h1-36H/i1D,6D,8D,10D,16D,21D,23D,25D,32D,34D,36D. The second-order valence-corrected chi connectivity index (χ2v) is 17.8. The Morgan fingerprint density at radius 3 is 1.56 bits per heavy atom. The van der Waals surface area contributed by atoms with Crippen LogP contribution in [0.4, 0.5) is 0 Å². The van der Waals surface area contributed by atoms with Gasteiger partial charge in [-0.2, -0.15) is 20.2 Å². The minimum absolute atomic E-state index is 0.0439. The van der Waals surface area contributed by atoms with E-state index in [-0.39, 0.29) is 73.8 Å². The number of benzene rings is 10. The molecule has 73 heavy (non-hydrogen) atoms. The fraction of sp³-hybridized carbons (Fsp3) is 0. The van der Waals surface area contributed by atoms with E-state index in [9.17, 15) is 14.9 Å². The van der Waals surface area contributed by atoms with Gasteiger partial charge in [-0.15, -0.1) is 0 Å². The summed E-state index contributed by atoms with van der Waals surface area (Å²) in [6.45, 7) is 0. The smallest absolute Gasteiger partial charge is 0.240 e. The van der Waals surface area contributed by atoms with Crippen molar-refractivity contribution in [2.45, 2.75) is 0 Å². The average molecular weight is 944 g/mol. The maximum absolute atomic E-state index is 10.5. The van der Waals surface area contributed by atoms with E-state index < -0.39 is 59.9 Å². The maximum Gasteiger partial charge on any atom is 0.240 e. The van der Waals surface area contributed by atoms with E-state index in [1.165, 1.54) is 4.57 Å². The molecular weight excluding hydrogens is 897 g/mol. The highest BCUT2D eigenvalue weighted by atomic mass is 16.3. The Kier molecular flexibility index (Phi) is 6.17. The van der Waals surface area contributed by atoms with Gasteiger partial charge in [0, 0.05) is 48.5 Å². The summed E-state index contributed by atoms with van der Waals surface area (Å²) in [5, 5.41) is 16.0. The molecule has 16 aromatic rings. The lowest BCUT2D eigenvalue weighted by Crippen LogP contribution is -2.12. The molecule has 0 unspecified atom stereocenters. The largest absolute Gasteiger partial charge is 0.456 e. The van der Waals surface area contributed by atoms with Crippen molar-refractivity contribution < 1.29 is 19.5 Å². The van der Waals surface area contributed by atoms with Crippen LogP contribution in [0, 0.1) is 11.3 Å².